The predicted octanol–water partition coefficient (Wildman–Crippen LogP) is 2.63. The van der Waals surface area contributed by atoms with E-state index in [2.05, 4.69) is 42.2 Å². The second kappa shape index (κ2) is 6.45. The molecule has 3 aromatic rings. The zero-order valence-corrected chi connectivity index (χ0v) is 15.1. The van der Waals surface area contributed by atoms with Gasteiger partial charge in [0.1, 0.15) is 24.6 Å². The van der Waals surface area contributed by atoms with Gasteiger partial charge in [-0.2, -0.15) is 0 Å². The minimum atomic E-state index is 0.882. The molecule has 0 saturated carbocycles. The largest absolute Gasteiger partial charge is 0.496 e. The Labute approximate surface area is 148 Å². The highest BCUT2D eigenvalue weighted by atomic mass is 16.5. The maximum absolute atomic E-state index is 5.68. The van der Waals surface area contributed by atoms with Crippen molar-refractivity contribution in [3.8, 4) is 11.5 Å². The number of quaternary nitrogens is 1. The maximum Gasteiger partial charge on any atom is 0.134 e. The van der Waals surface area contributed by atoms with Crippen LogP contribution in [-0.4, -0.2) is 25.7 Å². The van der Waals surface area contributed by atoms with Gasteiger partial charge < -0.3 is 19.4 Å². The van der Waals surface area contributed by atoms with E-state index >= 15 is 0 Å². The quantitative estimate of drug-likeness (QED) is 0.768. The molecule has 0 spiro atoms. The van der Waals surface area contributed by atoms with Crippen LogP contribution in [0.4, 0.5) is 0 Å². The molecule has 4 rings (SSSR count). The Bertz CT molecular complexity index is 914. The molecule has 4 nitrogen and oxygen atoms in total. The van der Waals surface area contributed by atoms with Gasteiger partial charge in [-0.05, 0) is 30.7 Å². The Balaban J connectivity index is 1.60. The first kappa shape index (κ1) is 16.0. The van der Waals surface area contributed by atoms with E-state index in [0.717, 1.165) is 43.1 Å². The van der Waals surface area contributed by atoms with Crippen LogP contribution in [0.2, 0.25) is 0 Å². The van der Waals surface area contributed by atoms with Crippen molar-refractivity contribution in [2.45, 2.75) is 26.4 Å². The summed E-state index contributed by atoms with van der Waals surface area (Å²) in [7, 11) is 3.45. The van der Waals surface area contributed by atoms with E-state index in [4.69, 9.17) is 9.47 Å². The van der Waals surface area contributed by atoms with Crippen molar-refractivity contribution in [1.29, 1.82) is 0 Å². The number of nitrogens with one attached hydrogen (secondary N) is 2. The normalized spacial score (nSPS) is 16.7. The van der Waals surface area contributed by atoms with E-state index < -0.39 is 0 Å². The molecule has 1 unspecified atom stereocenters. The molecule has 0 aliphatic carbocycles. The summed E-state index contributed by atoms with van der Waals surface area (Å²) in [6.45, 7) is 5.19. The molecule has 1 atom stereocenters. The number of aromatic nitrogens is 1. The Morgan fingerprint density at radius 1 is 1.08 bits per heavy atom. The lowest BCUT2D eigenvalue weighted by atomic mass is 10.0. The molecule has 2 aromatic carbocycles. The van der Waals surface area contributed by atoms with Gasteiger partial charge in [0.15, 0.2) is 0 Å². The zero-order chi connectivity index (χ0) is 17.4. The average molecular weight is 337 g/mol. The van der Waals surface area contributed by atoms with Gasteiger partial charge in [-0.3, -0.25) is 0 Å². The van der Waals surface area contributed by atoms with Gasteiger partial charge in [0, 0.05) is 28.5 Å². The Morgan fingerprint density at radius 2 is 1.92 bits per heavy atom. The highest BCUT2D eigenvalue weighted by molar-refractivity contribution is 5.84. The molecule has 25 heavy (non-hydrogen) atoms. The zero-order valence-electron chi connectivity index (χ0n) is 15.1. The third-order valence-electron chi connectivity index (χ3n) is 5.36. The van der Waals surface area contributed by atoms with Crippen LogP contribution in [0.25, 0.3) is 10.9 Å². The fraction of sp³-hybridized carbons (Fsp3) is 0.333. The van der Waals surface area contributed by atoms with Crippen LogP contribution in [0, 0.1) is 6.92 Å². The number of benzene rings is 2. The monoisotopic (exact) mass is 337 g/mol. The van der Waals surface area contributed by atoms with Gasteiger partial charge >= 0.3 is 0 Å². The molecule has 4 heteroatoms. The van der Waals surface area contributed by atoms with E-state index in [1.807, 2.05) is 6.07 Å². The summed E-state index contributed by atoms with van der Waals surface area (Å²) >= 11 is 0. The third kappa shape index (κ3) is 2.76. The van der Waals surface area contributed by atoms with Crippen molar-refractivity contribution < 1.29 is 14.4 Å². The number of hydrogen-bond donors (Lipinski definition) is 2. The minimum Gasteiger partial charge on any atom is -0.496 e. The highest BCUT2D eigenvalue weighted by Crippen LogP contribution is 2.31. The summed E-state index contributed by atoms with van der Waals surface area (Å²) in [5.41, 5.74) is 6.45. The van der Waals surface area contributed by atoms with Gasteiger partial charge in [0.25, 0.3) is 0 Å². The first-order valence-electron chi connectivity index (χ1n) is 8.83. The van der Waals surface area contributed by atoms with Crippen LogP contribution in [0.5, 0.6) is 11.5 Å². The third-order valence-corrected chi connectivity index (χ3v) is 5.36. The predicted molar refractivity (Wildman–Crippen MR) is 99.5 cm³/mol. The Morgan fingerprint density at radius 3 is 2.72 bits per heavy atom. The summed E-state index contributed by atoms with van der Waals surface area (Å²) in [6, 6.07) is 12.8. The summed E-state index contributed by atoms with van der Waals surface area (Å²) in [4.78, 5) is 5.18. The molecule has 1 aromatic heterocycles. The van der Waals surface area contributed by atoms with Crippen LogP contribution in [0.1, 0.15) is 22.4 Å². The molecule has 2 N–H and O–H groups in total. The Kier molecular flexibility index (Phi) is 4.14. The molecule has 0 saturated heterocycles. The average Bonchev–Trinajstić information content (AvgIpc) is 3.00. The number of fused-ring (bicyclic) bond motifs is 3. The summed E-state index contributed by atoms with van der Waals surface area (Å²) < 4.78 is 11.1. The second-order valence-corrected chi connectivity index (χ2v) is 6.82. The topological polar surface area (TPSA) is 38.7 Å². The highest BCUT2D eigenvalue weighted by Gasteiger charge is 2.24. The van der Waals surface area contributed by atoms with Crippen LogP contribution in [-0.2, 0) is 19.5 Å². The van der Waals surface area contributed by atoms with Crippen molar-refractivity contribution in [3.63, 3.8) is 0 Å². The number of aromatic amines is 1. The van der Waals surface area contributed by atoms with Gasteiger partial charge in [-0.25, -0.2) is 0 Å². The fourth-order valence-electron chi connectivity index (χ4n) is 4.13. The molecule has 2 heterocycles. The Hall–Kier alpha value is -2.46. The lowest BCUT2D eigenvalue weighted by molar-refractivity contribution is -0.929. The minimum absolute atomic E-state index is 0.882. The van der Waals surface area contributed by atoms with Crippen LogP contribution < -0.4 is 14.4 Å². The standard InChI is InChI=1S/C21H24N2O2/c1-14-20(24-2)9-8-15(21(14)25-3)12-23-11-10-17-16-6-4-5-7-18(16)22-19(17)13-23/h4-9,22H,10-13H2,1-3H3/p+1. The second-order valence-electron chi connectivity index (χ2n) is 6.82. The van der Waals surface area contributed by atoms with Crippen LogP contribution >= 0.6 is 0 Å². The molecule has 0 fully saturated rings. The van der Waals surface area contributed by atoms with E-state index in [-0.39, 0.29) is 0 Å². The van der Waals surface area contributed by atoms with Gasteiger partial charge in [0.05, 0.1) is 26.5 Å². The van der Waals surface area contributed by atoms with Crippen molar-refractivity contribution in [3.05, 3.63) is 58.8 Å². The van der Waals surface area contributed by atoms with Gasteiger partial charge in [-0.15, -0.1) is 0 Å². The summed E-state index contributed by atoms with van der Waals surface area (Å²) in [5, 5.41) is 1.38. The first-order valence-corrected chi connectivity index (χ1v) is 8.83. The smallest absolute Gasteiger partial charge is 0.134 e. The van der Waals surface area contributed by atoms with Crippen LogP contribution in [0.3, 0.4) is 0 Å². The lowest BCUT2D eigenvalue weighted by Gasteiger charge is -2.25. The van der Waals surface area contributed by atoms with Crippen LogP contribution in [0.15, 0.2) is 36.4 Å². The number of hydrogen-bond acceptors (Lipinski definition) is 2. The van der Waals surface area contributed by atoms with Crippen molar-refractivity contribution in [2.75, 3.05) is 20.8 Å². The molecule has 0 radical (unpaired) electrons. The number of rotatable bonds is 4. The number of para-hydroxylation sites is 1. The lowest BCUT2D eigenvalue weighted by Crippen LogP contribution is -3.10. The maximum atomic E-state index is 5.68. The van der Waals surface area contributed by atoms with E-state index in [0.29, 0.717) is 0 Å². The number of methoxy groups -OCH3 is 2. The molecule has 0 amide bonds. The molecule has 1 aliphatic rings. The summed E-state index contributed by atoms with van der Waals surface area (Å²) in [6.07, 6.45) is 1.12. The SMILES string of the molecule is COc1ccc(C[NH+]2CCc3c([nH]c4ccccc34)C2)c(OC)c1C. The van der Waals surface area contributed by atoms with Crippen molar-refractivity contribution in [2.24, 2.45) is 0 Å². The van der Waals surface area contributed by atoms with E-state index in [1.165, 1.54) is 27.7 Å². The molecule has 1 aliphatic heterocycles. The summed E-state index contributed by atoms with van der Waals surface area (Å²) in [5.74, 6) is 1.83. The number of ether oxygens (including phenoxy) is 2. The van der Waals surface area contributed by atoms with E-state index in [9.17, 15) is 0 Å². The number of H-pyrrole nitrogens is 1. The molecule has 130 valence electrons. The fourth-order valence-corrected chi connectivity index (χ4v) is 4.13. The molecular weight excluding hydrogens is 312 g/mol. The molecule has 0 bridgehead atoms. The van der Waals surface area contributed by atoms with Crippen molar-refractivity contribution >= 4 is 10.9 Å². The van der Waals surface area contributed by atoms with Gasteiger partial charge in [-0.1, -0.05) is 18.2 Å². The first-order chi connectivity index (χ1) is 12.2. The van der Waals surface area contributed by atoms with Gasteiger partial charge in [0.2, 0.25) is 0 Å². The molecular formula is C21H25N2O2+. The van der Waals surface area contributed by atoms with Crippen molar-refractivity contribution in [1.82, 2.24) is 4.98 Å². The van der Waals surface area contributed by atoms with E-state index in [1.54, 1.807) is 19.1 Å².